The summed E-state index contributed by atoms with van der Waals surface area (Å²) in [4.78, 5) is -0.0594. The van der Waals surface area contributed by atoms with Crippen molar-refractivity contribution in [2.75, 3.05) is 4.72 Å². The summed E-state index contributed by atoms with van der Waals surface area (Å²) >= 11 is 0. The van der Waals surface area contributed by atoms with Crippen molar-refractivity contribution in [1.29, 1.82) is 0 Å². The number of hydrogen-bond donors (Lipinski definition) is 1. The summed E-state index contributed by atoms with van der Waals surface area (Å²) in [6.45, 7) is 1.53. The number of hydrogen-bond acceptors (Lipinski definition) is 2. The van der Waals surface area contributed by atoms with E-state index in [0.717, 1.165) is 24.3 Å². The van der Waals surface area contributed by atoms with Crippen LogP contribution in [0.1, 0.15) is 5.56 Å². The Hall–Kier alpha value is -1.95. The van der Waals surface area contributed by atoms with Crippen molar-refractivity contribution < 1.29 is 17.2 Å². The second-order valence-electron chi connectivity index (χ2n) is 4.02. The van der Waals surface area contributed by atoms with Gasteiger partial charge in [0.05, 0.1) is 4.90 Å². The summed E-state index contributed by atoms with van der Waals surface area (Å²) in [6, 6.07) is 8.33. The molecule has 2 aromatic rings. The number of sulfonamides is 1. The Morgan fingerprint density at radius 2 is 1.63 bits per heavy atom. The lowest BCUT2D eigenvalue weighted by Crippen LogP contribution is -2.13. The van der Waals surface area contributed by atoms with Crippen LogP contribution in [0.2, 0.25) is 0 Å². The van der Waals surface area contributed by atoms with E-state index in [-0.39, 0.29) is 10.6 Å². The molecule has 0 amide bonds. The number of aryl methyl sites for hydroxylation is 1. The molecule has 2 aromatic carbocycles. The van der Waals surface area contributed by atoms with E-state index in [1.54, 1.807) is 0 Å². The van der Waals surface area contributed by atoms with Crippen molar-refractivity contribution in [2.45, 2.75) is 11.8 Å². The van der Waals surface area contributed by atoms with E-state index in [2.05, 4.69) is 4.72 Å². The maximum Gasteiger partial charge on any atom is 0.261 e. The third-order valence-corrected chi connectivity index (χ3v) is 3.93. The zero-order valence-electron chi connectivity index (χ0n) is 10.0. The molecule has 1 N–H and O–H groups in total. The molecule has 0 saturated heterocycles. The molecule has 6 heteroatoms. The molecule has 0 aliphatic rings. The molecule has 0 bridgehead atoms. The minimum atomic E-state index is -3.80. The van der Waals surface area contributed by atoms with E-state index in [4.69, 9.17) is 0 Å². The van der Waals surface area contributed by atoms with Gasteiger partial charge in [-0.25, -0.2) is 17.2 Å². The molecule has 0 aliphatic carbocycles. The summed E-state index contributed by atoms with van der Waals surface area (Å²) in [5.41, 5.74) is 0.586. The van der Waals surface area contributed by atoms with Crippen molar-refractivity contribution in [2.24, 2.45) is 0 Å². The zero-order valence-corrected chi connectivity index (χ0v) is 10.8. The lowest BCUT2D eigenvalue weighted by atomic mass is 10.2. The van der Waals surface area contributed by atoms with Crippen molar-refractivity contribution in [3.05, 3.63) is 59.7 Å². The summed E-state index contributed by atoms with van der Waals surface area (Å²) < 4.78 is 52.1. The first-order valence-electron chi connectivity index (χ1n) is 5.43. The maximum atomic E-state index is 13.1. The molecule has 0 aromatic heterocycles. The number of nitrogens with one attached hydrogen (secondary N) is 1. The van der Waals surface area contributed by atoms with Crippen LogP contribution < -0.4 is 4.72 Å². The monoisotopic (exact) mass is 283 g/mol. The molecule has 3 nitrogen and oxygen atoms in total. The van der Waals surface area contributed by atoms with Gasteiger partial charge in [0.25, 0.3) is 10.0 Å². The molecule has 0 saturated carbocycles. The largest absolute Gasteiger partial charge is 0.280 e. The van der Waals surface area contributed by atoms with Crippen LogP contribution in [0, 0.1) is 18.6 Å². The van der Waals surface area contributed by atoms with Gasteiger partial charge in [-0.2, -0.15) is 0 Å². The Labute approximate surface area is 109 Å². The van der Waals surface area contributed by atoms with E-state index in [1.807, 2.05) is 0 Å². The zero-order chi connectivity index (χ0) is 14.0. The van der Waals surface area contributed by atoms with Gasteiger partial charge in [-0.3, -0.25) is 4.72 Å². The molecule has 100 valence electrons. The molecule has 19 heavy (non-hydrogen) atoms. The fourth-order valence-corrected chi connectivity index (χ4v) is 2.59. The Bertz CT molecular complexity index is 697. The van der Waals surface area contributed by atoms with Crippen molar-refractivity contribution in [3.63, 3.8) is 0 Å². The van der Waals surface area contributed by atoms with E-state index >= 15 is 0 Å². The Morgan fingerprint density at radius 1 is 1.00 bits per heavy atom. The standard InChI is InChI=1S/C13H11F2NO2S/c1-9-8-11(4-7-13(9)15)16-19(17,18)12-5-2-10(14)3-6-12/h2-8,16H,1H3. The molecule has 0 heterocycles. The first-order chi connectivity index (χ1) is 8.88. The number of rotatable bonds is 3. The molecule has 0 spiro atoms. The predicted molar refractivity (Wildman–Crippen MR) is 68.3 cm³/mol. The molecule has 0 fully saturated rings. The van der Waals surface area contributed by atoms with Crippen molar-refractivity contribution >= 4 is 15.7 Å². The second-order valence-corrected chi connectivity index (χ2v) is 5.71. The summed E-state index contributed by atoms with van der Waals surface area (Å²) in [6.07, 6.45) is 0. The third kappa shape index (κ3) is 3.08. The van der Waals surface area contributed by atoms with Crippen LogP contribution in [-0.4, -0.2) is 8.42 Å². The minimum Gasteiger partial charge on any atom is -0.280 e. The molecular weight excluding hydrogens is 272 g/mol. The SMILES string of the molecule is Cc1cc(NS(=O)(=O)c2ccc(F)cc2)ccc1F. The summed E-state index contributed by atoms with van der Waals surface area (Å²) in [5, 5.41) is 0. The minimum absolute atomic E-state index is 0.0594. The van der Waals surface area contributed by atoms with Crippen LogP contribution in [0.4, 0.5) is 14.5 Å². The first kappa shape index (κ1) is 13.5. The van der Waals surface area contributed by atoms with Crippen molar-refractivity contribution in [1.82, 2.24) is 0 Å². The molecule has 0 aliphatic heterocycles. The number of anilines is 1. The summed E-state index contributed by atoms with van der Waals surface area (Å²) in [5.74, 6) is -0.929. The maximum absolute atomic E-state index is 13.1. The van der Waals surface area contributed by atoms with Gasteiger partial charge in [0.1, 0.15) is 11.6 Å². The lowest BCUT2D eigenvalue weighted by molar-refractivity contribution is 0.599. The Kier molecular flexibility index (Phi) is 3.53. The van der Waals surface area contributed by atoms with E-state index in [9.17, 15) is 17.2 Å². The number of halogens is 2. The summed E-state index contributed by atoms with van der Waals surface area (Å²) in [7, 11) is -3.80. The highest BCUT2D eigenvalue weighted by atomic mass is 32.2. The number of benzene rings is 2. The third-order valence-electron chi connectivity index (χ3n) is 2.53. The molecule has 0 atom stereocenters. The highest BCUT2D eigenvalue weighted by Crippen LogP contribution is 2.18. The van der Waals surface area contributed by atoms with E-state index in [1.165, 1.54) is 25.1 Å². The normalized spacial score (nSPS) is 11.3. The van der Waals surface area contributed by atoms with Crippen LogP contribution in [0.5, 0.6) is 0 Å². The van der Waals surface area contributed by atoms with Gasteiger partial charge >= 0.3 is 0 Å². The van der Waals surface area contributed by atoms with Crippen molar-refractivity contribution in [3.8, 4) is 0 Å². The van der Waals surface area contributed by atoms with Gasteiger partial charge < -0.3 is 0 Å². The molecule has 2 rings (SSSR count). The van der Waals surface area contributed by atoms with Gasteiger partial charge in [0, 0.05) is 5.69 Å². The van der Waals surface area contributed by atoms with Crippen LogP contribution in [0.15, 0.2) is 47.4 Å². The van der Waals surface area contributed by atoms with Crippen LogP contribution in [0.3, 0.4) is 0 Å². The van der Waals surface area contributed by atoms with Crippen LogP contribution >= 0.6 is 0 Å². The predicted octanol–water partition coefficient (Wildman–Crippen LogP) is 3.07. The topological polar surface area (TPSA) is 46.2 Å². The van der Waals surface area contributed by atoms with Gasteiger partial charge in [-0.1, -0.05) is 0 Å². The highest BCUT2D eigenvalue weighted by molar-refractivity contribution is 7.92. The van der Waals surface area contributed by atoms with E-state index < -0.39 is 21.7 Å². The van der Waals surface area contributed by atoms with Gasteiger partial charge in [-0.15, -0.1) is 0 Å². The average Bonchev–Trinajstić information content (AvgIpc) is 2.34. The van der Waals surface area contributed by atoms with Gasteiger partial charge in [-0.05, 0) is 55.0 Å². The quantitative estimate of drug-likeness (QED) is 0.941. The lowest BCUT2D eigenvalue weighted by Gasteiger charge is -2.09. The first-order valence-corrected chi connectivity index (χ1v) is 6.91. The molecule has 0 unspecified atom stereocenters. The van der Waals surface area contributed by atoms with E-state index in [0.29, 0.717) is 5.56 Å². The van der Waals surface area contributed by atoms with Gasteiger partial charge in [0.15, 0.2) is 0 Å². The molecular formula is C13H11F2NO2S. The Balaban J connectivity index is 2.30. The van der Waals surface area contributed by atoms with Crippen LogP contribution in [0.25, 0.3) is 0 Å². The smallest absolute Gasteiger partial charge is 0.261 e. The van der Waals surface area contributed by atoms with Gasteiger partial charge in [0.2, 0.25) is 0 Å². The highest BCUT2D eigenvalue weighted by Gasteiger charge is 2.14. The fraction of sp³-hybridized carbons (Fsp3) is 0.0769. The average molecular weight is 283 g/mol. The van der Waals surface area contributed by atoms with Crippen LogP contribution in [-0.2, 0) is 10.0 Å². The Morgan fingerprint density at radius 3 is 2.21 bits per heavy atom. The second kappa shape index (κ2) is 4.97. The molecule has 0 radical (unpaired) electrons. The fourth-order valence-electron chi connectivity index (χ4n) is 1.54.